The monoisotopic (exact) mass is 220 g/mol. The lowest BCUT2D eigenvalue weighted by Gasteiger charge is -2.32. The maximum atomic E-state index is 9.31. The second kappa shape index (κ2) is 3.98. The molecule has 0 aromatic heterocycles. The first-order valence-corrected chi connectivity index (χ1v) is 5.90. The van der Waals surface area contributed by atoms with Crippen LogP contribution >= 0.6 is 0 Å². The number of hydrogen-bond acceptors (Lipinski definition) is 3. The molecular formula is C13H16O3. The summed E-state index contributed by atoms with van der Waals surface area (Å²) >= 11 is 0. The van der Waals surface area contributed by atoms with Crippen LogP contribution in [0.15, 0.2) is 18.2 Å². The van der Waals surface area contributed by atoms with Crippen molar-refractivity contribution in [3.8, 4) is 11.5 Å². The third-order valence-electron chi connectivity index (χ3n) is 3.36. The number of aliphatic hydroxyl groups is 1. The van der Waals surface area contributed by atoms with E-state index in [1.165, 1.54) is 5.56 Å². The highest BCUT2D eigenvalue weighted by atomic mass is 16.5. The summed E-state index contributed by atoms with van der Waals surface area (Å²) in [5.74, 6) is 2.20. The van der Waals surface area contributed by atoms with E-state index < -0.39 is 0 Å². The summed E-state index contributed by atoms with van der Waals surface area (Å²) in [5, 5.41) is 9.31. The van der Waals surface area contributed by atoms with Crippen LogP contribution in [0, 0.1) is 0 Å². The van der Waals surface area contributed by atoms with Crippen molar-refractivity contribution < 1.29 is 14.6 Å². The molecule has 1 saturated carbocycles. The molecule has 0 unspecified atom stereocenters. The second-order valence-electron chi connectivity index (χ2n) is 4.58. The van der Waals surface area contributed by atoms with Crippen molar-refractivity contribution in [1.29, 1.82) is 0 Å². The molecule has 1 heterocycles. The number of aliphatic hydroxyl groups excluding tert-OH is 1. The number of hydrogen-bond donors (Lipinski definition) is 1. The Morgan fingerprint density at radius 1 is 1.06 bits per heavy atom. The van der Waals surface area contributed by atoms with E-state index in [4.69, 9.17) is 9.47 Å². The Labute approximate surface area is 95.0 Å². The molecule has 16 heavy (non-hydrogen) atoms. The van der Waals surface area contributed by atoms with Crippen molar-refractivity contribution in [1.82, 2.24) is 0 Å². The fourth-order valence-corrected chi connectivity index (χ4v) is 2.29. The van der Waals surface area contributed by atoms with Gasteiger partial charge >= 0.3 is 0 Å². The van der Waals surface area contributed by atoms with Crippen LogP contribution in [-0.2, 0) is 0 Å². The van der Waals surface area contributed by atoms with Crippen LogP contribution in [0.3, 0.4) is 0 Å². The first kappa shape index (κ1) is 9.97. The van der Waals surface area contributed by atoms with Crippen molar-refractivity contribution >= 4 is 0 Å². The van der Waals surface area contributed by atoms with E-state index in [9.17, 15) is 5.11 Å². The first-order chi connectivity index (χ1) is 7.83. The highest BCUT2D eigenvalue weighted by molar-refractivity contribution is 5.44. The molecule has 1 aliphatic carbocycles. The minimum atomic E-state index is -0.110. The molecule has 3 heteroatoms. The molecule has 0 saturated heterocycles. The topological polar surface area (TPSA) is 38.7 Å². The smallest absolute Gasteiger partial charge is 0.161 e. The summed E-state index contributed by atoms with van der Waals surface area (Å²) < 4.78 is 11.2. The Kier molecular flexibility index (Phi) is 2.48. The lowest BCUT2D eigenvalue weighted by Crippen LogP contribution is -2.26. The molecule has 0 atom stereocenters. The lowest BCUT2D eigenvalue weighted by atomic mass is 9.77. The van der Waals surface area contributed by atoms with Gasteiger partial charge in [-0.3, -0.25) is 0 Å². The third kappa shape index (κ3) is 1.76. The quantitative estimate of drug-likeness (QED) is 0.787. The average Bonchev–Trinajstić information content (AvgIpc) is 2.48. The van der Waals surface area contributed by atoms with Crippen LogP contribution in [0.5, 0.6) is 11.5 Å². The van der Waals surface area contributed by atoms with E-state index in [2.05, 4.69) is 12.1 Å². The van der Waals surface area contributed by atoms with Gasteiger partial charge in [0.1, 0.15) is 0 Å². The zero-order valence-corrected chi connectivity index (χ0v) is 9.19. The highest BCUT2D eigenvalue weighted by Crippen LogP contribution is 2.40. The van der Waals surface area contributed by atoms with E-state index in [1.807, 2.05) is 6.07 Å². The maximum Gasteiger partial charge on any atom is 0.161 e. The minimum absolute atomic E-state index is 0.110. The van der Waals surface area contributed by atoms with E-state index in [0.29, 0.717) is 5.92 Å². The number of benzene rings is 1. The summed E-state index contributed by atoms with van der Waals surface area (Å²) in [5.41, 5.74) is 1.26. The Hall–Kier alpha value is -1.22. The molecule has 1 N–H and O–H groups in total. The summed E-state index contributed by atoms with van der Waals surface area (Å²) in [6.07, 6.45) is 2.58. The SMILES string of the molecule is OC1CC(c2ccc3c(c2)OCCCO3)C1. The maximum absolute atomic E-state index is 9.31. The van der Waals surface area contributed by atoms with E-state index in [-0.39, 0.29) is 6.10 Å². The number of fused-ring (bicyclic) bond motifs is 1. The fraction of sp³-hybridized carbons (Fsp3) is 0.538. The van der Waals surface area contributed by atoms with Crippen LogP contribution in [0.2, 0.25) is 0 Å². The van der Waals surface area contributed by atoms with Crippen LogP contribution in [-0.4, -0.2) is 24.4 Å². The van der Waals surface area contributed by atoms with Crippen LogP contribution in [0.1, 0.15) is 30.7 Å². The highest BCUT2D eigenvalue weighted by Gasteiger charge is 2.29. The van der Waals surface area contributed by atoms with Crippen LogP contribution < -0.4 is 9.47 Å². The summed E-state index contributed by atoms with van der Waals surface area (Å²) in [4.78, 5) is 0. The Morgan fingerprint density at radius 3 is 2.56 bits per heavy atom. The molecular weight excluding hydrogens is 204 g/mol. The van der Waals surface area contributed by atoms with E-state index in [1.54, 1.807) is 0 Å². The van der Waals surface area contributed by atoms with Gasteiger partial charge in [0.05, 0.1) is 19.3 Å². The van der Waals surface area contributed by atoms with Gasteiger partial charge in [0.2, 0.25) is 0 Å². The zero-order chi connectivity index (χ0) is 11.0. The second-order valence-corrected chi connectivity index (χ2v) is 4.58. The Bertz CT molecular complexity index is 383. The molecule has 1 aromatic rings. The standard InChI is InChI=1S/C13H16O3/c14-11-6-10(7-11)9-2-3-12-13(8-9)16-5-1-4-15-12/h2-3,8,10-11,14H,1,4-7H2. The van der Waals surface area contributed by atoms with Crippen molar-refractivity contribution in [2.45, 2.75) is 31.3 Å². The van der Waals surface area contributed by atoms with Gasteiger partial charge in [-0.15, -0.1) is 0 Å². The molecule has 1 aromatic carbocycles. The molecule has 3 rings (SSSR count). The van der Waals surface area contributed by atoms with Crippen molar-refractivity contribution in [2.24, 2.45) is 0 Å². The molecule has 0 radical (unpaired) electrons. The van der Waals surface area contributed by atoms with Gasteiger partial charge in [-0.25, -0.2) is 0 Å². The summed E-state index contributed by atoms with van der Waals surface area (Å²) in [7, 11) is 0. The lowest BCUT2D eigenvalue weighted by molar-refractivity contribution is 0.0745. The van der Waals surface area contributed by atoms with Gasteiger partial charge < -0.3 is 14.6 Å². The normalized spacial score (nSPS) is 28.1. The van der Waals surface area contributed by atoms with Crippen molar-refractivity contribution in [3.05, 3.63) is 23.8 Å². The molecule has 1 aliphatic heterocycles. The fourth-order valence-electron chi connectivity index (χ4n) is 2.29. The van der Waals surface area contributed by atoms with Crippen LogP contribution in [0.4, 0.5) is 0 Å². The number of rotatable bonds is 1. The van der Waals surface area contributed by atoms with Crippen molar-refractivity contribution in [2.75, 3.05) is 13.2 Å². The average molecular weight is 220 g/mol. The van der Waals surface area contributed by atoms with Gasteiger partial charge in [0, 0.05) is 6.42 Å². The zero-order valence-electron chi connectivity index (χ0n) is 9.19. The van der Waals surface area contributed by atoms with Gasteiger partial charge in [-0.2, -0.15) is 0 Å². The third-order valence-corrected chi connectivity index (χ3v) is 3.36. The first-order valence-electron chi connectivity index (χ1n) is 5.90. The Balaban J connectivity index is 1.83. The Morgan fingerprint density at radius 2 is 1.81 bits per heavy atom. The molecule has 2 aliphatic rings. The molecule has 0 bridgehead atoms. The summed E-state index contributed by atoms with van der Waals surface area (Å²) in [6, 6.07) is 6.14. The summed E-state index contributed by atoms with van der Waals surface area (Å²) in [6.45, 7) is 1.46. The van der Waals surface area contributed by atoms with Gasteiger partial charge in [0.25, 0.3) is 0 Å². The predicted octanol–water partition coefficient (Wildman–Crippen LogP) is 2.09. The van der Waals surface area contributed by atoms with E-state index >= 15 is 0 Å². The molecule has 1 fully saturated rings. The largest absolute Gasteiger partial charge is 0.490 e. The molecule has 0 spiro atoms. The van der Waals surface area contributed by atoms with Gasteiger partial charge in [-0.1, -0.05) is 6.07 Å². The predicted molar refractivity (Wildman–Crippen MR) is 60.0 cm³/mol. The van der Waals surface area contributed by atoms with Crippen molar-refractivity contribution in [3.63, 3.8) is 0 Å². The van der Waals surface area contributed by atoms with Gasteiger partial charge in [-0.05, 0) is 36.5 Å². The molecule has 86 valence electrons. The van der Waals surface area contributed by atoms with E-state index in [0.717, 1.165) is 44.0 Å². The van der Waals surface area contributed by atoms with Crippen LogP contribution in [0.25, 0.3) is 0 Å². The molecule has 3 nitrogen and oxygen atoms in total. The molecule has 0 amide bonds. The minimum Gasteiger partial charge on any atom is -0.490 e. The number of ether oxygens (including phenoxy) is 2. The van der Waals surface area contributed by atoms with Gasteiger partial charge in [0.15, 0.2) is 11.5 Å².